The van der Waals surface area contributed by atoms with Gasteiger partial charge in [0.1, 0.15) is 5.56 Å². The third kappa shape index (κ3) is 2.69. The highest BCUT2D eigenvalue weighted by molar-refractivity contribution is 5.71. The Morgan fingerprint density at radius 2 is 1.73 bits per heavy atom. The highest BCUT2D eigenvalue weighted by Gasteiger charge is 2.14. The molecule has 0 unspecified atom stereocenters. The van der Waals surface area contributed by atoms with Crippen molar-refractivity contribution in [3.05, 3.63) is 70.5 Å². The summed E-state index contributed by atoms with van der Waals surface area (Å²) >= 11 is 0. The summed E-state index contributed by atoms with van der Waals surface area (Å²) in [4.78, 5) is 19.0. The molecule has 0 saturated heterocycles. The molecule has 0 aliphatic carbocycles. The molecule has 0 fully saturated rings. The van der Waals surface area contributed by atoms with Crippen LogP contribution in [-0.4, -0.2) is 15.1 Å². The lowest BCUT2D eigenvalue weighted by Crippen LogP contribution is -2.13. The fraction of sp³-hybridized carbons (Fsp3) is 0.0588. The highest BCUT2D eigenvalue weighted by Crippen LogP contribution is 2.27. The summed E-state index contributed by atoms with van der Waals surface area (Å²) in [5.41, 5.74) is 2.12. The summed E-state index contributed by atoms with van der Waals surface area (Å²) in [6.45, 7) is 1.88. The zero-order chi connectivity index (χ0) is 15.5. The minimum atomic E-state index is -0.389. The van der Waals surface area contributed by atoms with E-state index >= 15 is 0 Å². The van der Waals surface area contributed by atoms with E-state index in [9.17, 15) is 9.90 Å². The van der Waals surface area contributed by atoms with Gasteiger partial charge in [-0.1, -0.05) is 42.5 Å². The zero-order valence-electron chi connectivity index (χ0n) is 12.0. The van der Waals surface area contributed by atoms with Gasteiger partial charge in [0, 0.05) is 5.69 Å². The van der Waals surface area contributed by atoms with Crippen LogP contribution in [0.4, 0.5) is 11.6 Å². The van der Waals surface area contributed by atoms with E-state index in [-0.39, 0.29) is 23.0 Å². The molecule has 0 radical (unpaired) electrons. The van der Waals surface area contributed by atoms with Crippen molar-refractivity contribution in [3.8, 4) is 17.0 Å². The summed E-state index contributed by atoms with van der Waals surface area (Å²) in [5, 5.41) is 13.1. The summed E-state index contributed by atoms with van der Waals surface area (Å²) < 4.78 is 0. The molecule has 110 valence electrons. The van der Waals surface area contributed by atoms with Crippen LogP contribution < -0.4 is 10.9 Å². The van der Waals surface area contributed by atoms with Gasteiger partial charge in [-0.2, -0.15) is 4.98 Å². The Hall–Kier alpha value is -3.08. The number of benzene rings is 2. The van der Waals surface area contributed by atoms with Crippen molar-refractivity contribution in [1.82, 2.24) is 9.97 Å². The smallest absolute Gasteiger partial charge is 0.264 e. The summed E-state index contributed by atoms with van der Waals surface area (Å²) in [5.74, 6) is -0.0949. The van der Waals surface area contributed by atoms with Crippen molar-refractivity contribution in [2.45, 2.75) is 6.92 Å². The number of anilines is 2. The van der Waals surface area contributed by atoms with Crippen molar-refractivity contribution in [1.29, 1.82) is 0 Å². The minimum Gasteiger partial charge on any atom is -0.493 e. The molecular formula is C17H15N3O2. The molecule has 0 aliphatic heterocycles. The fourth-order valence-electron chi connectivity index (χ4n) is 2.27. The highest BCUT2D eigenvalue weighted by atomic mass is 16.3. The van der Waals surface area contributed by atoms with Crippen LogP contribution in [0.25, 0.3) is 11.1 Å². The fourth-order valence-corrected chi connectivity index (χ4v) is 2.27. The zero-order valence-corrected chi connectivity index (χ0v) is 12.0. The minimum absolute atomic E-state index is 0.178. The van der Waals surface area contributed by atoms with E-state index in [1.807, 2.05) is 55.5 Å². The van der Waals surface area contributed by atoms with Gasteiger partial charge in [-0.25, -0.2) is 0 Å². The quantitative estimate of drug-likeness (QED) is 0.693. The number of hydrogen-bond acceptors (Lipinski definition) is 4. The number of aromatic amines is 1. The molecule has 5 heteroatoms. The second-order valence-corrected chi connectivity index (χ2v) is 4.92. The Morgan fingerprint density at radius 1 is 1.05 bits per heavy atom. The first-order valence-corrected chi connectivity index (χ1v) is 6.86. The number of nitrogens with zero attached hydrogens (tertiary/aromatic N) is 1. The van der Waals surface area contributed by atoms with Crippen LogP contribution in [0.15, 0.2) is 59.4 Å². The van der Waals surface area contributed by atoms with Crippen molar-refractivity contribution in [2.75, 3.05) is 5.32 Å². The van der Waals surface area contributed by atoms with E-state index < -0.39 is 0 Å². The number of nitrogens with one attached hydrogen (secondary N) is 2. The number of aromatic hydroxyl groups is 1. The molecule has 1 aromatic heterocycles. The first-order chi connectivity index (χ1) is 10.6. The molecule has 0 atom stereocenters. The third-order valence-corrected chi connectivity index (χ3v) is 3.35. The summed E-state index contributed by atoms with van der Waals surface area (Å²) in [6.07, 6.45) is 0. The average molecular weight is 293 g/mol. The lowest BCUT2D eigenvalue weighted by atomic mass is 10.0. The Morgan fingerprint density at radius 3 is 2.41 bits per heavy atom. The predicted octanol–water partition coefficient (Wildman–Crippen LogP) is 3.19. The van der Waals surface area contributed by atoms with Gasteiger partial charge in [0.25, 0.3) is 5.56 Å². The topological polar surface area (TPSA) is 78.0 Å². The van der Waals surface area contributed by atoms with Crippen molar-refractivity contribution < 1.29 is 5.11 Å². The van der Waals surface area contributed by atoms with Gasteiger partial charge < -0.3 is 10.4 Å². The second kappa shape index (κ2) is 5.73. The lowest BCUT2D eigenvalue weighted by Gasteiger charge is -2.09. The Labute approximate surface area is 127 Å². The summed E-state index contributed by atoms with van der Waals surface area (Å²) in [6, 6.07) is 16.7. The standard InChI is InChI=1S/C17H15N3O2/c1-11-7-5-6-10-13(11)14-15(21)19-17(20-16(14)22)18-12-8-3-2-4-9-12/h2-10H,1H3,(H3,18,19,20,21,22). The van der Waals surface area contributed by atoms with Crippen LogP contribution in [-0.2, 0) is 0 Å². The lowest BCUT2D eigenvalue weighted by molar-refractivity contribution is 0.454. The molecule has 2 aromatic carbocycles. The SMILES string of the molecule is Cc1ccccc1-c1c(O)nc(Nc2ccccc2)[nH]c1=O. The molecule has 0 bridgehead atoms. The average Bonchev–Trinajstić information content (AvgIpc) is 2.49. The number of aromatic nitrogens is 2. The molecule has 5 nitrogen and oxygen atoms in total. The molecule has 0 amide bonds. The van der Waals surface area contributed by atoms with E-state index in [0.717, 1.165) is 11.3 Å². The number of rotatable bonds is 3. The number of hydrogen-bond donors (Lipinski definition) is 3. The van der Waals surface area contributed by atoms with E-state index in [1.54, 1.807) is 6.07 Å². The largest absolute Gasteiger partial charge is 0.493 e. The maximum atomic E-state index is 12.3. The maximum absolute atomic E-state index is 12.3. The van der Waals surface area contributed by atoms with Gasteiger partial charge in [0.2, 0.25) is 11.8 Å². The van der Waals surface area contributed by atoms with Crippen LogP contribution in [0, 0.1) is 6.92 Å². The first-order valence-electron chi connectivity index (χ1n) is 6.86. The van der Waals surface area contributed by atoms with E-state index in [1.165, 1.54) is 0 Å². The van der Waals surface area contributed by atoms with Gasteiger partial charge in [-0.15, -0.1) is 0 Å². The van der Waals surface area contributed by atoms with Gasteiger partial charge in [0.05, 0.1) is 0 Å². The van der Waals surface area contributed by atoms with Crippen LogP contribution in [0.3, 0.4) is 0 Å². The molecular weight excluding hydrogens is 278 g/mol. The normalized spacial score (nSPS) is 10.4. The van der Waals surface area contributed by atoms with E-state index in [2.05, 4.69) is 15.3 Å². The van der Waals surface area contributed by atoms with Crippen LogP contribution in [0.5, 0.6) is 5.88 Å². The van der Waals surface area contributed by atoms with E-state index in [4.69, 9.17) is 0 Å². The van der Waals surface area contributed by atoms with Crippen molar-refractivity contribution >= 4 is 11.6 Å². The number of para-hydroxylation sites is 1. The van der Waals surface area contributed by atoms with Crippen LogP contribution in [0.2, 0.25) is 0 Å². The predicted molar refractivity (Wildman–Crippen MR) is 86.4 cm³/mol. The van der Waals surface area contributed by atoms with Crippen LogP contribution >= 0.6 is 0 Å². The molecule has 1 heterocycles. The first kappa shape index (κ1) is 13.9. The van der Waals surface area contributed by atoms with Gasteiger partial charge in [-0.05, 0) is 30.2 Å². The third-order valence-electron chi connectivity index (χ3n) is 3.35. The number of H-pyrrole nitrogens is 1. The molecule has 0 saturated carbocycles. The molecule has 3 rings (SSSR count). The Bertz CT molecular complexity index is 857. The number of aryl methyl sites for hydroxylation is 1. The Kier molecular flexibility index (Phi) is 3.62. The van der Waals surface area contributed by atoms with Gasteiger partial charge in [-0.3, -0.25) is 9.78 Å². The Balaban J connectivity index is 2.03. The summed E-state index contributed by atoms with van der Waals surface area (Å²) in [7, 11) is 0. The molecule has 0 spiro atoms. The second-order valence-electron chi connectivity index (χ2n) is 4.92. The van der Waals surface area contributed by atoms with Crippen molar-refractivity contribution in [3.63, 3.8) is 0 Å². The molecule has 0 aliphatic rings. The van der Waals surface area contributed by atoms with E-state index in [0.29, 0.717) is 5.56 Å². The maximum Gasteiger partial charge on any atom is 0.264 e. The molecule has 3 N–H and O–H groups in total. The van der Waals surface area contributed by atoms with Crippen molar-refractivity contribution in [2.24, 2.45) is 0 Å². The van der Waals surface area contributed by atoms with Gasteiger partial charge >= 0.3 is 0 Å². The molecule has 3 aromatic rings. The van der Waals surface area contributed by atoms with Gasteiger partial charge in [0.15, 0.2) is 0 Å². The molecule has 22 heavy (non-hydrogen) atoms. The van der Waals surface area contributed by atoms with Crippen LogP contribution in [0.1, 0.15) is 5.56 Å². The monoisotopic (exact) mass is 293 g/mol.